The van der Waals surface area contributed by atoms with Gasteiger partial charge in [-0.05, 0) is 36.8 Å². The molecule has 1 saturated heterocycles. The molecule has 140 valence electrons. The van der Waals surface area contributed by atoms with Gasteiger partial charge < -0.3 is 4.74 Å². The van der Waals surface area contributed by atoms with Crippen molar-refractivity contribution in [1.29, 1.82) is 0 Å². The summed E-state index contributed by atoms with van der Waals surface area (Å²) in [6.45, 7) is 2.33. The molecule has 0 aliphatic carbocycles. The first-order valence-corrected chi connectivity index (χ1v) is 10.7. The molecule has 0 unspecified atom stereocenters. The molecular weight excluding hydrogens is 432 g/mol. The first kappa shape index (κ1) is 18.3. The standard InChI is InChI=1S/C19H17BrN2O4S/c1-12-5-7-15(8-6-12)27(24,25)22-10-16(13-3-2-4-14(20)9-13)18(21-22)19(23)17-11-26-17/h2-9,16-17H,10-11H2,1H3/t16-,17-/m0/s1. The Morgan fingerprint density at radius 2 is 1.93 bits per heavy atom. The molecule has 2 aliphatic heterocycles. The summed E-state index contributed by atoms with van der Waals surface area (Å²) in [5, 5.41) is 4.22. The van der Waals surface area contributed by atoms with Crippen molar-refractivity contribution >= 4 is 37.4 Å². The van der Waals surface area contributed by atoms with E-state index < -0.39 is 22.0 Å². The summed E-state index contributed by atoms with van der Waals surface area (Å²) in [5.74, 6) is -0.680. The Morgan fingerprint density at radius 3 is 2.56 bits per heavy atom. The van der Waals surface area contributed by atoms with Crippen LogP contribution in [0.4, 0.5) is 0 Å². The van der Waals surface area contributed by atoms with Gasteiger partial charge in [0.25, 0.3) is 10.0 Å². The monoisotopic (exact) mass is 448 g/mol. The van der Waals surface area contributed by atoms with Crippen LogP contribution in [0, 0.1) is 6.92 Å². The van der Waals surface area contributed by atoms with Crippen molar-refractivity contribution in [1.82, 2.24) is 4.41 Å². The minimum absolute atomic E-state index is 0.0838. The van der Waals surface area contributed by atoms with Gasteiger partial charge in [0.2, 0.25) is 5.78 Å². The molecule has 0 spiro atoms. The largest absolute Gasteiger partial charge is 0.364 e. The Kier molecular flexibility index (Phi) is 4.65. The number of Topliss-reactive ketones (excluding diaryl/α,β-unsaturated/α-hetero) is 1. The number of hydrazone groups is 1. The van der Waals surface area contributed by atoms with E-state index >= 15 is 0 Å². The molecule has 0 bridgehead atoms. The van der Waals surface area contributed by atoms with Crippen LogP contribution in [-0.4, -0.2) is 43.6 Å². The molecule has 4 rings (SSSR count). The molecule has 27 heavy (non-hydrogen) atoms. The first-order valence-electron chi connectivity index (χ1n) is 8.45. The third kappa shape index (κ3) is 3.56. The summed E-state index contributed by atoms with van der Waals surface area (Å²) < 4.78 is 33.0. The van der Waals surface area contributed by atoms with Gasteiger partial charge in [-0.1, -0.05) is 45.8 Å². The Morgan fingerprint density at radius 1 is 1.22 bits per heavy atom. The molecule has 2 aromatic carbocycles. The van der Waals surface area contributed by atoms with Gasteiger partial charge in [0, 0.05) is 4.47 Å². The minimum atomic E-state index is -3.84. The second kappa shape index (κ2) is 6.85. The van der Waals surface area contributed by atoms with E-state index in [1.807, 2.05) is 31.2 Å². The van der Waals surface area contributed by atoms with E-state index in [0.29, 0.717) is 6.61 Å². The molecular formula is C19H17BrN2O4S. The lowest BCUT2D eigenvalue weighted by Crippen LogP contribution is -2.27. The third-order valence-corrected chi connectivity index (χ3v) is 6.76. The lowest BCUT2D eigenvalue weighted by Gasteiger charge is -2.17. The smallest absolute Gasteiger partial charge is 0.279 e. The second-order valence-corrected chi connectivity index (χ2v) is 9.36. The lowest BCUT2D eigenvalue weighted by molar-refractivity contribution is -0.114. The van der Waals surface area contributed by atoms with E-state index in [4.69, 9.17) is 4.74 Å². The molecule has 0 N–H and O–H groups in total. The van der Waals surface area contributed by atoms with Gasteiger partial charge in [0.05, 0.1) is 24.0 Å². The van der Waals surface area contributed by atoms with Crippen molar-refractivity contribution in [3.05, 3.63) is 64.1 Å². The highest BCUT2D eigenvalue weighted by molar-refractivity contribution is 9.10. The summed E-state index contributed by atoms with van der Waals surface area (Å²) in [6.07, 6.45) is -0.513. The maximum Gasteiger partial charge on any atom is 0.279 e. The quantitative estimate of drug-likeness (QED) is 0.658. The highest BCUT2D eigenvalue weighted by Crippen LogP contribution is 2.32. The number of hydrogen-bond acceptors (Lipinski definition) is 5. The van der Waals surface area contributed by atoms with Crippen LogP contribution in [0.5, 0.6) is 0 Å². The summed E-state index contributed by atoms with van der Waals surface area (Å²) in [5.41, 5.74) is 2.03. The number of sulfonamides is 1. The van der Waals surface area contributed by atoms with Gasteiger partial charge in [-0.3, -0.25) is 4.79 Å². The number of aryl methyl sites for hydroxylation is 1. The van der Waals surface area contributed by atoms with Crippen LogP contribution in [0.3, 0.4) is 0 Å². The van der Waals surface area contributed by atoms with Crippen LogP contribution in [0.1, 0.15) is 17.0 Å². The Labute approximate surface area is 166 Å². The number of epoxide rings is 1. The van der Waals surface area contributed by atoms with E-state index in [1.54, 1.807) is 24.3 Å². The predicted octanol–water partition coefficient (Wildman–Crippen LogP) is 2.87. The van der Waals surface area contributed by atoms with Gasteiger partial charge in [-0.25, -0.2) is 0 Å². The van der Waals surface area contributed by atoms with E-state index in [-0.39, 0.29) is 22.9 Å². The number of halogens is 1. The predicted molar refractivity (Wildman–Crippen MR) is 104 cm³/mol. The summed E-state index contributed by atoms with van der Waals surface area (Å²) >= 11 is 3.42. The maximum absolute atomic E-state index is 13.0. The fourth-order valence-corrected chi connectivity index (χ4v) is 4.71. The fourth-order valence-electron chi connectivity index (χ4n) is 3.03. The number of benzene rings is 2. The van der Waals surface area contributed by atoms with E-state index in [1.165, 1.54) is 0 Å². The molecule has 2 atom stereocenters. The molecule has 0 amide bonds. The molecule has 0 radical (unpaired) electrons. The van der Waals surface area contributed by atoms with Crippen molar-refractivity contribution in [3.8, 4) is 0 Å². The van der Waals surface area contributed by atoms with Crippen LogP contribution >= 0.6 is 15.9 Å². The van der Waals surface area contributed by atoms with Crippen LogP contribution < -0.4 is 0 Å². The molecule has 2 heterocycles. The zero-order valence-corrected chi connectivity index (χ0v) is 16.9. The number of carbonyl (C=O) groups is 1. The topological polar surface area (TPSA) is 79.3 Å². The molecule has 0 aromatic heterocycles. The van der Waals surface area contributed by atoms with Gasteiger partial charge in [-0.15, -0.1) is 0 Å². The minimum Gasteiger partial charge on any atom is -0.364 e. The Hall–Kier alpha value is -2.03. The normalized spacial score (nSPS) is 21.9. The van der Waals surface area contributed by atoms with E-state index in [2.05, 4.69) is 21.0 Å². The molecule has 6 nitrogen and oxygen atoms in total. The summed E-state index contributed by atoms with van der Waals surface area (Å²) in [4.78, 5) is 12.8. The highest BCUT2D eigenvalue weighted by atomic mass is 79.9. The molecule has 2 aliphatic rings. The highest BCUT2D eigenvalue weighted by Gasteiger charge is 2.43. The molecule has 8 heteroatoms. The van der Waals surface area contributed by atoms with Crippen molar-refractivity contribution in [2.24, 2.45) is 5.10 Å². The number of ether oxygens (including phenoxy) is 1. The Balaban J connectivity index is 1.72. The molecule has 2 aromatic rings. The summed E-state index contributed by atoms with van der Waals surface area (Å²) in [7, 11) is -3.84. The summed E-state index contributed by atoms with van der Waals surface area (Å²) in [6, 6.07) is 14.1. The second-order valence-electron chi connectivity index (χ2n) is 6.60. The third-order valence-electron chi connectivity index (χ3n) is 4.61. The van der Waals surface area contributed by atoms with E-state index in [0.717, 1.165) is 20.0 Å². The van der Waals surface area contributed by atoms with Crippen molar-refractivity contribution < 1.29 is 17.9 Å². The van der Waals surface area contributed by atoms with Crippen molar-refractivity contribution in [3.63, 3.8) is 0 Å². The fraction of sp³-hybridized carbons (Fsp3) is 0.263. The lowest BCUT2D eigenvalue weighted by atomic mass is 9.92. The van der Waals surface area contributed by atoms with Gasteiger partial charge in [-0.2, -0.15) is 17.9 Å². The molecule has 0 saturated carbocycles. The van der Waals surface area contributed by atoms with Crippen LogP contribution in [0.2, 0.25) is 0 Å². The van der Waals surface area contributed by atoms with Crippen LogP contribution in [0.25, 0.3) is 0 Å². The SMILES string of the molecule is Cc1ccc(S(=O)(=O)N2C[C@@H](c3cccc(Br)c3)C(C(=O)[C@@H]3CO3)=N2)cc1. The van der Waals surface area contributed by atoms with Gasteiger partial charge >= 0.3 is 0 Å². The average molecular weight is 449 g/mol. The zero-order chi connectivity index (χ0) is 19.2. The average Bonchev–Trinajstić information content (AvgIpc) is 3.39. The number of ketones is 1. The first-order chi connectivity index (χ1) is 12.9. The van der Waals surface area contributed by atoms with Gasteiger partial charge in [0.1, 0.15) is 11.8 Å². The zero-order valence-electron chi connectivity index (χ0n) is 14.5. The number of hydrogen-bond donors (Lipinski definition) is 0. The maximum atomic E-state index is 13.0. The Bertz CT molecular complexity index is 1030. The van der Waals surface area contributed by atoms with E-state index in [9.17, 15) is 13.2 Å². The van der Waals surface area contributed by atoms with Gasteiger partial charge in [0.15, 0.2) is 0 Å². The van der Waals surface area contributed by atoms with Crippen molar-refractivity contribution in [2.75, 3.05) is 13.2 Å². The number of rotatable bonds is 5. The number of nitrogens with zero attached hydrogens (tertiary/aromatic N) is 2. The van der Waals surface area contributed by atoms with Crippen molar-refractivity contribution in [2.45, 2.75) is 23.8 Å². The van der Waals surface area contributed by atoms with Crippen LogP contribution in [0.15, 0.2) is 63.0 Å². The van der Waals surface area contributed by atoms with Crippen LogP contribution in [-0.2, 0) is 19.6 Å². The number of carbonyl (C=O) groups excluding carboxylic acids is 1. The molecule has 1 fully saturated rings.